The van der Waals surface area contributed by atoms with E-state index in [0.717, 1.165) is 23.5 Å². The predicted octanol–water partition coefficient (Wildman–Crippen LogP) is 5.14. The number of aliphatic hydroxyl groups is 1. The van der Waals surface area contributed by atoms with Gasteiger partial charge < -0.3 is 14.6 Å². The lowest BCUT2D eigenvalue weighted by Crippen LogP contribution is -2.36. The molecule has 2 aromatic carbocycles. The molecule has 35 heavy (non-hydrogen) atoms. The maximum Gasteiger partial charge on any atom is 0.227 e. The fraction of sp³-hybridized carbons (Fsp3) is 0.393. The molecular formula is C28H34FN3O3. The standard InChI is InChI=1S/C28H34FN3O3/c1-3-16-34-20-23(33)18-31(17-21-14-15-21)19-24-26(4-2)30-32(22-10-6-5-7-11-22)28(24)35-27-13-9-8-12-25(27)29/h3,5-13,21,23,33H,1,4,14-20H2,2H3/t23-/m1/s1. The molecule has 4 rings (SSSR count). The van der Waals surface area contributed by atoms with Crippen molar-refractivity contribution in [3.8, 4) is 17.3 Å². The first kappa shape index (κ1) is 25.1. The minimum atomic E-state index is -0.626. The molecule has 1 aliphatic rings. The molecule has 1 heterocycles. The van der Waals surface area contributed by atoms with Crippen molar-refractivity contribution in [3.05, 3.63) is 84.3 Å². The largest absolute Gasteiger partial charge is 0.435 e. The molecule has 0 aliphatic heterocycles. The molecule has 1 saturated carbocycles. The van der Waals surface area contributed by atoms with Crippen LogP contribution >= 0.6 is 0 Å². The van der Waals surface area contributed by atoms with Crippen LogP contribution in [0.1, 0.15) is 31.0 Å². The molecule has 7 heteroatoms. The molecule has 1 atom stereocenters. The zero-order valence-electron chi connectivity index (χ0n) is 20.3. The van der Waals surface area contributed by atoms with Crippen LogP contribution in [0.3, 0.4) is 0 Å². The number of rotatable bonds is 14. The van der Waals surface area contributed by atoms with Crippen molar-refractivity contribution < 1.29 is 19.0 Å². The van der Waals surface area contributed by atoms with Gasteiger partial charge in [-0.15, -0.1) is 6.58 Å². The van der Waals surface area contributed by atoms with Gasteiger partial charge in [0.15, 0.2) is 11.6 Å². The van der Waals surface area contributed by atoms with E-state index in [0.29, 0.717) is 37.9 Å². The lowest BCUT2D eigenvalue weighted by Gasteiger charge is -2.25. The highest BCUT2D eigenvalue weighted by atomic mass is 19.1. The highest BCUT2D eigenvalue weighted by Crippen LogP contribution is 2.35. The van der Waals surface area contributed by atoms with Crippen LogP contribution in [0.25, 0.3) is 5.69 Å². The van der Waals surface area contributed by atoms with Crippen LogP contribution in [0.2, 0.25) is 0 Å². The number of aliphatic hydroxyl groups excluding tert-OH is 1. The maximum atomic E-state index is 14.6. The van der Waals surface area contributed by atoms with E-state index in [1.165, 1.54) is 18.9 Å². The molecule has 0 bridgehead atoms. The van der Waals surface area contributed by atoms with Crippen LogP contribution in [-0.4, -0.2) is 52.2 Å². The van der Waals surface area contributed by atoms with Crippen molar-refractivity contribution in [1.29, 1.82) is 0 Å². The molecule has 1 aromatic heterocycles. The van der Waals surface area contributed by atoms with E-state index >= 15 is 0 Å². The van der Waals surface area contributed by atoms with E-state index in [9.17, 15) is 9.50 Å². The van der Waals surface area contributed by atoms with E-state index in [1.54, 1.807) is 29.0 Å². The van der Waals surface area contributed by atoms with Crippen molar-refractivity contribution in [2.45, 2.75) is 38.8 Å². The molecule has 3 aromatic rings. The lowest BCUT2D eigenvalue weighted by atomic mass is 10.1. The summed E-state index contributed by atoms with van der Waals surface area (Å²) in [5.74, 6) is 0.847. The molecule has 6 nitrogen and oxygen atoms in total. The average molecular weight is 480 g/mol. The minimum Gasteiger partial charge on any atom is -0.435 e. The summed E-state index contributed by atoms with van der Waals surface area (Å²) in [6.07, 6.45) is 4.14. The number of nitrogens with zero attached hydrogens (tertiary/aromatic N) is 3. The van der Waals surface area contributed by atoms with Crippen LogP contribution in [-0.2, 0) is 17.7 Å². The zero-order valence-corrected chi connectivity index (χ0v) is 20.3. The van der Waals surface area contributed by atoms with Gasteiger partial charge in [0.25, 0.3) is 0 Å². The summed E-state index contributed by atoms with van der Waals surface area (Å²) >= 11 is 0. The number of hydrogen-bond acceptors (Lipinski definition) is 5. The van der Waals surface area contributed by atoms with Gasteiger partial charge in [0, 0.05) is 19.6 Å². The van der Waals surface area contributed by atoms with Crippen molar-refractivity contribution in [1.82, 2.24) is 14.7 Å². The van der Waals surface area contributed by atoms with Gasteiger partial charge in [-0.1, -0.05) is 43.3 Å². The third-order valence-corrected chi connectivity index (χ3v) is 6.01. The quantitative estimate of drug-likeness (QED) is 0.256. The number of aromatic nitrogens is 2. The van der Waals surface area contributed by atoms with Gasteiger partial charge in [0.05, 0.1) is 36.3 Å². The third-order valence-electron chi connectivity index (χ3n) is 6.01. The fourth-order valence-electron chi connectivity index (χ4n) is 4.13. The van der Waals surface area contributed by atoms with Crippen LogP contribution in [0.5, 0.6) is 11.6 Å². The highest BCUT2D eigenvalue weighted by Gasteiger charge is 2.29. The summed E-state index contributed by atoms with van der Waals surface area (Å²) in [6, 6.07) is 16.1. The molecule has 186 valence electrons. The summed E-state index contributed by atoms with van der Waals surface area (Å²) in [6.45, 7) is 8.23. The van der Waals surface area contributed by atoms with Crippen LogP contribution in [0.15, 0.2) is 67.3 Å². The normalized spacial score (nSPS) is 14.3. The van der Waals surface area contributed by atoms with Gasteiger partial charge in [-0.05, 0) is 49.4 Å². The maximum absolute atomic E-state index is 14.6. The van der Waals surface area contributed by atoms with Crippen LogP contribution in [0, 0.1) is 11.7 Å². The molecule has 0 spiro atoms. The van der Waals surface area contributed by atoms with Gasteiger partial charge in [-0.25, -0.2) is 9.07 Å². The van der Waals surface area contributed by atoms with E-state index in [2.05, 4.69) is 18.4 Å². The zero-order chi connectivity index (χ0) is 24.6. The Labute approximate surface area is 206 Å². The Kier molecular flexibility index (Phi) is 8.69. The molecule has 0 radical (unpaired) electrons. The topological polar surface area (TPSA) is 59.8 Å². The van der Waals surface area contributed by atoms with Crippen LogP contribution < -0.4 is 4.74 Å². The second kappa shape index (κ2) is 12.1. The summed E-state index contributed by atoms with van der Waals surface area (Å²) in [5.41, 5.74) is 2.63. The van der Waals surface area contributed by atoms with Crippen molar-refractivity contribution >= 4 is 0 Å². The summed E-state index contributed by atoms with van der Waals surface area (Å²) in [5, 5.41) is 15.5. The van der Waals surface area contributed by atoms with Crippen molar-refractivity contribution in [2.24, 2.45) is 5.92 Å². The van der Waals surface area contributed by atoms with Crippen molar-refractivity contribution in [2.75, 3.05) is 26.3 Å². The molecule has 0 saturated heterocycles. The Morgan fingerprint density at radius 1 is 1.20 bits per heavy atom. The van der Waals surface area contributed by atoms with Gasteiger partial charge in [0.1, 0.15) is 0 Å². The fourth-order valence-corrected chi connectivity index (χ4v) is 4.13. The number of hydrogen-bond donors (Lipinski definition) is 1. The monoisotopic (exact) mass is 479 g/mol. The highest BCUT2D eigenvalue weighted by molar-refractivity contribution is 5.44. The summed E-state index contributed by atoms with van der Waals surface area (Å²) in [4.78, 5) is 2.24. The van der Waals surface area contributed by atoms with E-state index in [-0.39, 0.29) is 12.4 Å². The van der Waals surface area contributed by atoms with Gasteiger partial charge in [0.2, 0.25) is 5.88 Å². The Morgan fingerprint density at radius 2 is 1.94 bits per heavy atom. The molecule has 1 aliphatic carbocycles. The molecule has 0 amide bonds. The summed E-state index contributed by atoms with van der Waals surface area (Å²) in [7, 11) is 0. The van der Waals surface area contributed by atoms with Crippen molar-refractivity contribution in [3.63, 3.8) is 0 Å². The first-order chi connectivity index (χ1) is 17.1. The van der Waals surface area contributed by atoms with Gasteiger partial charge in [-0.3, -0.25) is 4.90 Å². The van der Waals surface area contributed by atoms with Gasteiger partial charge >= 0.3 is 0 Å². The Bertz CT molecular complexity index is 1100. The number of para-hydroxylation sites is 2. The Hall–Kier alpha value is -3.00. The van der Waals surface area contributed by atoms with Gasteiger partial charge in [-0.2, -0.15) is 5.10 Å². The van der Waals surface area contributed by atoms with E-state index < -0.39 is 11.9 Å². The van der Waals surface area contributed by atoms with E-state index in [1.807, 2.05) is 30.3 Å². The Balaban J connectivity index is 1.67. The van der Waals surface area contributed by atoms with Crippen LogP contribution in [0.4, 0.5) is 4.39 Å². The molecule has 0 unspecified atom stereocenters. The molecule has 1 N–H and O–H groups in total. The first-order valence-electron chi connectivity index (χ1n) is 12.3. The smallest absolute Gasteiger partial charge is 0.227 e. The number of ether oxygens (including phenoxy) is 2. The molecule has 1 fully saturated rings. The average Bonchev–Trinajstić information content (AvgIpc) is 3.62. The second-order valence-electron chi connectivity index (χ2n) is 8.98. The number of benzene rings is 2. The predicted molar refractivity (Wildman–Crippen MR) is 134 cm³/mol. The lowest BCUT2D eigenvalue weighted by molar-refractivity contribution is 0.0235. The first-order valence-corrected chi connectivity index (χ1v) is 12.3. The summed E-state index contributed by atoms with van der Waals surface area (Å²) < 4.78 is 28.0. The molecular weight excluding hydrogens is 445 g/mol. The number of halogens is 1. The second-order valence-corrected chi connectivity index (χ2v) is 8.98. The van der Waals surface area contributed by atoms with E-state index in [4.69, 9.17) is 14.6 Å². The third kappa shape index (κ3) is 6.78. The minimum absolute atomic E-state index is 0.153. The Morgan fingerprint density at radius 3 is 2.63 bits per heavy atom. The number of aryl methyl sites for hydroxylation is 1. The SMILES string of the molecule is C=CCOC[C@H](O)CN(Cc1c(CC)nn(-c2ccccc2)c1Oc1ccccc1F)CC1CC1.